The van der Waals surface area contributed by atoms with Crippen LogP contribution in [0, 0.1) is 0 Å². The molecule has 0 saturated heterocycles. The lowest BCUT2D eigenvalue weighted by Gasteiger charge is -2.28. The van der Waals surface area contributed by atoms with Crippen LogP contribution in [-0.4, -0.2) is 42.5 Å². The molecule has 1 aliphatic heterocycles. The molecule has 0 radical (unpaired) electrons. The molecule has 1 atom stereocenters. The molecule has 2 heterocycles. The van der Waals surface area contributed by atoms with Crippen LogP contribution in [0.2, 0.25) is 0 Å². The number of fused-ring (bicyclic) bond motifs is 1. The summed E-state index contributed by atoms with van der Waals surface area (Å²) < 4.78 is 18.1. The Balaban J connectivity index is 2.21. The maximum absolute atomic E-state index is 13.0. The highest BCUT2D eigenvalue weighted by Gasteiger charge is 2.34. The van der Waals surface area contributed by atoms with E-state index in [1.807, 2.05) is 0 Å². The fourth-order valence-corrected chi connectivity index (χ4v) is 4.27. The van der Waals surface area contributed by atoms with Gasteiger partial charge in [0.2, 0.25) is 5.91 Å². The van der Waals surface area contributed by atoms with Gasteiger partial charge in [0, 0.05) is 36.8 Å². The summed E-state index contributed by atoms with van der Waals surface area (Å²) in [6.45, 7) is 2.06. The van der Waals surface area contributed by atoms with Crippen molar-refractivity contribution in [3.63, 3.8) is 0 Å². The van der Waals surface area contributed by atoms with Crippen LogP contribution >= 0.6 is 11.8 Å². The number of carbonyl (C=O) groups excluding carboxylic acids is 1. The lowest BCUT2D eigenvalue weighted by Crippen LogP contribution is -2.33. The number of anilines is 1. The predicted octanol–water partition coefficient (Wildman–Crippen LogP) is 2.78. The summed E-state index contributed by atoms with van der Waals surface area (Å²) in [5.74, 6) is 2.14. The smallest absolute Gasteiger partial charge is 0.279 e. The van der Waals surface area contributed by atoms with Crippen molar-refractivity contribution in [1.82, 2.24) is 9.55 Å². The number of hydrogen-bond donors (Lipinski definition) is 1. The topological polar surface area (TPSA) is 91.7 Å². The van der Waals surface area contributed by atoms with Gasteiger partial charge in [0.15, 0.2) is 16.7 Å². The van der Waals surface area contributed by atoms with Crippen molar-refractivity contribution in [2.45, 2.75) is 30.8 Å². The number of thioether (sulfide) groups is 1. The van der Waals surface area contributed by atoms with Gasteiger partial charge >= 0.3 is 0 Å². The maximum Gasteiger partial charge on any atom is 0.279 e. The number of aromatic nitrogens is 2. The zero-order valence-corrected chi connectivity index (χ0v) is 18.0. The number of methoxy groups -OCH3 is 3. The highest BCUT2D eigenvalue weighted by molar-refractivity contribution is 7.99. The molecule has 1 amide bonds. The molecule has 29 heavy (non-hydrogen) atoms. The molecule has 0 saturated carbocycles. The van der Waals surface area contributed by atoms with E-state index >= 15 is 0 Å². The number of nitrogens with one attached hydrogen (secondary N) is 1. The number of nitrogens with zero attached hydrogens (tertiary/aromatic N) is 2. The van der Waals surface area contributed by atoms with E-state index in [1.165, 1.54) is 33.1 Å². The third kappa shape index (κ3) is 3.91. The van der Waals surface area contributed by atoms with Gasteiger partial charge in [0.1, 0.15) is 11.6 Å². The molecule has 1 aromatic heterocycles. The molecule has 8 nitrogen and oxygen atoms in total. The lowest BCUT2D eigenvalue weighted by molar-refractivity contribution is -0.116. The monoisotopic (exact) mass is 419 g/mol. The Hall–Kier alpha value is -2.68. The second-order valence-corrected chi connectivity index (χ2v) is 7.69. The quantitative estimate of drug-likeness (QED) is 0.545. The normalized spacial score (nSPS) is 15.5. The minimum Gasteiger partial charge on any atom is -0.496 e. The van der Waals surface area contributed by atoms with Gasteiger partial charge in [-0.2, -0.15) is 4.98 Å². The third-order valence-electron chi connectivity index (χ3n) is 4.85. The van der Waals surface area contributed by atoms with E-state index in [9.17, 15) is 9.59 Å². The molecule has 2 aromatic rings. The highest BCUT2D eigenvalue weighted by atomic mass is 32.2. The minimum absolute atomic E-state index is 0.108. The van der Waals surface area contributed by atoms with E-state index in [4.69, 9.17) is 14.2 Å². The highest BCUT2D eigenvalue weighted by Crippen LogP contribution is 2.44. The van der Waals surface area contributed by atoms with E-state index in [-0.39, 0.29) is 17.9 Å². The first-order valence-corrected chi connectivity index (χ1v) is 10.3. The van der Waals surface area contributed by atoms with E-state index in [0.29, 0.717) is 39.3 Å². The number of carbonyl (C=O) groups is 1. The van der Waals surface area contributed by atoms with Crippen molar-refractivity contribution < 1.29 is 19.0 Å². The average molecular weight is 420 g/mol. The maximum atomic E-state index is 13.0. The lowest BCUT2D eigenvalue weighted by atomic mass is 9.86. The zero-order chi connectivity index (χ0) is 21.1. The Morgan fingerprint density at radius 2 is 1.79 bits per heavy atom. The van der Waals surface area contributed by atoms with Crippen LogP contribution in [0.3, 0.4) is 0 Å². The Kier molecular flexibility index (Phi) is 6.36. The second kappa shape index (κ2) is 8.77. The van der Waals surface area contributed by atoms with Crippen molar-refractivity contribution in [2.75, 3.05) is 32.4 Å². The number of ether oxygens (including phenoxy) is 3. The second-order valence-electron chi connectivity index (χ2n) is 6.62. The van der Waals surface area contributed by atoms with E-state index < -0.39 is 5.92 Å². The Labute approximate surface area is 173 Å². The van der Waals surface area contributed by atoms with Crippen LogP contribution in [0.25, 0.3) is 0 Å². The number of amides is 1. The van der Waals surface area contributed by atoms with E-state index in [1.54, 1.807) is 23.7 Å². The van der Waals surface area contributed by atoms with Crippen LogP contribution in [0.5, 0.6) is 17.2 Å². The molecule has 0 aliphatic carbocycles. The summed E-state index contributed by atoms with van der Waals surface area (Å²) in [6, 6.07) is 3.45. The van der Waals surface area contributed by atoms with Crippen LogP contribution < -0.4 is 25.1 Å². The van der Waals surface area contributed by atoms with Gasteiger partial charge in [0.25, 0.3) is 5.56 Å². The van der Waals surface area contributed by atoms with Crippen LogP contribution in [0.15, 0.2) is 22.1 Å². The van der Waals surface area contributed by atoms with Gasteiger partial charge in [-0.3, -0.25) is 9.59 Å². The number of hydrogen-bond acceptors (Lipinski definition) is 7. The summed E-state index contributed by atoms with van der Waals surface area (Å²) in [4.78, 5) is 29.8. The molecule has 9 heteroatoms. The SMILES string of the molecule is CCCSc1nc(=O)c2c(n1C)NC(=O)C[C@@H]2c1cc(OC)c(OC)cc1OC. The van der Waals surface area contributed by atoms with Gasteiger partial charge in [-0.1, -0.05) is 18.7 Å². The molecule has 1 N–H and O–H groups in total. The van der Waals surface area contributed by atoms with Crippen LogP contribution in [-0.2, 0) is 11.8 Å². The summed E-state index contributed by atoms with van der Waals surface area (Å²) in [5.41, 5.74) is 0.770. The molecule has 3 rings (SSSR count). The Bertz CT molecular complexity index is 989. The standard InChI is InChI=1S/C20H25N3O5S/c1-6-7-29-20-22-19(25)17-12(9-16(24)21-18(17)23(20)2)11-8-14(27-4)15(28-5)10-13(11)26-3/h8,10,12H,6-7,9H2,1-5H3,(H,21,24)/t12-/m1/s1. The minimum atomic E-state index is -0.509. The van der Waals surface area contributed by atoms with Gasteiger partial charge in [-0.15, -0.1) is 0 Å². The van der Waals surface area contributed by atoms with E-state index in [0.717, 1.165) is 12.2 Å². The van der Waals surface area contributed by atoms with Gasteiger partial charge in [0.05, 0.1) is 26.9 Å². The average Bonchev–Trinajstić information content (AvgIpc) is 2.73. The Morgan fingerprint density at radius 1 is 1.14 bits per heavy atom. The molecule has 0 unspecified atom stereocenters. The molecule has 0 fully saturated rings. The van der Waals surface area contributed by atoms with Gasteiger partial charge in [-0.05, 0) is 12.5 Å². The van der Waals surface area contributed by atoms with E-state index in [2.05, 4.69) is 17.2 Å². The van der Waals surface area contributed by atoms with Crippen molar-refractivity contribution in [3.8, 4) is 17.2 Å². The number of rotatable bonds is 7. The van der Waals surface area contributed by atoms with Crippen LogP contribution in [0.1, 0.15) is 36.8 Å². The van der Waals surface area contributed by atoms with Crippen molar-refractivity contribution in [1.29, 1.82) is 0 Å². The van der Waals surface area contributed by atoms with Crippen LogP contribution in [0.4, 0.5) is 5.82 Å². The summed E-state index contributed by atoms with van der Waals surface area (Å²) in [5, 5.41) is 3.43. The summed E-state index contributed by atoms with van der Waals surface area (Å²) >= 11 is 1.49. The first kappa shape index (κ1) is 21.0. The molecule has 156 valence electrons. The Morgan fingerprint density at radius 3 is 2.41 bits per heavy atom. The molecular weight excluding hydrogens is 394 g/mol. The summed E-state index contributed by atoms with van der Waals surface area (Å²) in [6.07, 6.45) is 1.06. The molecule has 0 bridgehead atoms. The van der Waals surface area contributed by atoms with Crippen molar-refractivity contribution in [3.05, 3.63) is 33.6 Å². The molecule has 1 aliphatic rings. The molecular formula is C20H25N3O5S. The van der Waals surface area contributed by atoms with Gasteiger partial charge < -0.3 is 24.1 Å². The summed E-state index contributed by atoms with van der Waals surface area (Å²) in [7, 11) is 6.41. The van der Waals surface area contributed by atoms with Crippen molar-refractivity contribution in [2.24, 2.45) is 7.05 Å². The van der Waals surface area contributed by atoms with Crippen molar-refractivity contribution >= 4 is 23.5 Å². The third-order valence-corrected chi connectivity index (χ3v) is 6.08. The fourth-order valence-electron chi connectivity index (χ4n) is 3.45. The van der Waals surface area contributed by atoms with Gasteiger partial charge in [-0.25, -0.2) is 0 Å². The first-order valence-electron chi connectivity index (χ1n) is 9.28. The zero-order valence-electron chi connectivity index (χ0n) is 17.2. The first-order chi connectivity index (χ1) is 13.9. The fraction of sp³-hybridized carbons (Fsp3) is 0.450. The molecule has 1 aromatic carbocycles. The molecule has 0 spiro atoms. The predicted molar refractivity (Wildman–Crippen MR) is 112 cm³/mol. The largest absolute Gasteiger partial charge is 0.496 e. The number of benzene rings is 1.